The van der Waals surface area contributed by atoms with Crippen LogP contribution in [0.15, 0.2) is 48.8 Å². The Hall–Kier alpha value is -2.53. The first-order chi connectivity index (χ1) is 10.6. The van der Waals surface area contributed by atoms with Crippen molar-refractivity contribution < 1.29 is 4.79 Å². The highest BCUT2D eigenvalue weighted by atomic mass is 35.5. The van der Waals surface area contributed by atoms with Gasteiger partial charge in [-0.15, -0.1) is 0 Å². The molecule has 1 aromatic carbocycles. The molecule has 0 aliphatic carbocycles. The largest absolute Gasteiger partial charge is 0.332 e. The van der Waals surface area contributed by atoms with Crippen LogP contribution in [-0.2, 0) is 6.54 Å². The van der Waals surface area contributed by atoms with Crippen LogP contribution in [0.2, 0.25) is 5.02 Å². The SMILES string of the molecule is Cc1ccc2nc(CNC(=O)Nc3cccc(Cl)c3)cn2c1. The topological polar surface area (TPSA) is 58.4 Å². The molecule has 0 atom stereocenters. The number of nitrogens with one attached hydrogen (secondary N) is 2. The van der Waals surface area contributed by atoms with Gasteiger partial charge in [0.05, 0.1) is 12.2 Å². The van der Waals surface area contributed by atoms with Crippen LogP contribution in [-0.4, -0.2) is 15.4 Å². The summed E-state index contributed by atoms with van der Waals surface area (Å²) in [6.45, 7) is 2.38. The van der Waals surface area contributed by atoms with E-state index in [1.54, 1.807) is 24.3 Å². The fraction of sp³-hybridized carbons (Fsp3) is 0.125. The molecule has 0 spiro atoms. The van der Waals surface area contributed by atoms with E-state index in [1.807, 2.05) is 35.9 Å². The predicted molar refractivity (Wildman–Crippen MR) is 87.2 cm³/mol. The molecule has 22 heavy (non-hydrogen) atoms. The van der Waals surface area contributed by atoms with Gasteiger partial charge in [-0.3, -0.25) is 0 Å². The number of rotatable bonds is 3. The van der Waals surface area contributed by atoms with Crippen LogP contribution in [0.4, 0.5) is 10.5 Å². The van der Waals surface area contributed by atoms with Crippen molar-refractivity contribution in [1.82, 2.24) is 14.7 Å². The number of carbonyl (C=O) groups is 1. The molecule has 0 bridgehead atoms. The third-order valence-electron chi connectivity index (χ3n) is 3.16. The average Bonchev–Trinajstić information content (AvgIpc) is 2.87. The molecule has 2 N–H and O–H groups in total. The van der Waals surface area contributed by atoms with E-state index in [9.17, 15) is 4.79 Å². The molecule has 0 fully saturated rings. The Balaban J connectivity index is 1.62. The number of aromatic nitrogens is 2. The Labute approximate surface area is 132 Å². The first-order valence-corrected chi connectivity index (χ1v) is 7.22. The number of imidazole rings is 1. The zero-order valence-electron chi connectivity index (χ0n) is 12.0. The summed E-state index contributed by atoms with van der Waals surface area (Å²) in [5, 5.41) is 6.08. The minimum absolute atomic E-state index is 0.296. The Morgan fingerprint density at radius 1 is 1.27 bits per heavy atom. The van der Waals surface area contributed by atoms with Gasteiger partial charge >= 0.3 is 6.03 Å². The summed E-state index contributed by atoms with van der Waals surface area (Å²) in [7, 11) is 0. The van der Waals surface area contributed by atoms with Crippen LogP contribution in [0.25, 0.3) is 5.65 Å². The number of hydrogen-bond acceptors (Lipinski definition) is 2. The highest BCUT2D eigenvalue weighted by Crippen LogP contribution is 2.14. The molecule has 112 valence electrons. The van der Waals surface area contributed by atoms with Gasteiger partial charge in [0.15, 0.2) is 0 Å². The number of aryl methyl sites for hydroxylation is 1. The van der Waals surface area contributed by atoms with E-state index in [1.165, 1.54) is 0 Å². The van der Waals surface area contributed by atoms with E-state index < -0.39 is 0 Å². The number of fused-ring (bicyclic) bond motifs is 1. The Kier molecular flexibility index (Phi) is 3.98. The fourth-order valence-corrected chi connectivity index (χ4v) is 2.34. The minimum Gasteiger partial charge on any atom is -0.332 e. The fourth-order valence-electron chi connectivity index (χ4n) is 2.15. The number of anilines is 1. The summed E-state index contributed by atoms with van der Waals surface area (Å²) in [4.78, 5) is 16.3. The van der Waals surface area contributed by atoms with Crippen LogP contribution in [0.1, 0.15) is 11.3 Å². The maximum atomic E-state index is 11.9. The number of amides is 2. The molecule has 6 heteroatoms. The third kappa shape index (κ3) is 3.38. The predicted octanol–water partition coefficient (Wildman–Crippen LogP) is 3.62. The molecule has 3 rings (SSSR count). The van der Waals surface area contributed by atoms with Crippen molar-refractivity contribution in [2.45, 2.75) is 13.5 Å². The lowest BCUT2D eigenvalue weighted by Gasteiger charge is -2.06. The standard InChI is InChI=1S/C16H15ClN4O/c1-11-5-6-15-19-14(10-21(15)9-11)8-18-16(22)20-13-4-2-3-12(17)7-13/h2-7,9-10H,8H2,1H3,(H2,18,20,22). The van der Waals surface area contributed by atoms with Crippen molar-refractivity contribution in [2.24, 2.45) is 0 Å². The van der Waals surface area contributed by atoms with E-state index in [0.717, 1.165) is 16.9 Å². The number of pyridine rings is 1. The van der Waals surface area contributed by atoms with E-state index in [-0.39, 0.29) is 6.03 Å². The van der Waals surface area contributed by atoms with Gasteiger partial charge in [-0.05, 0) is 36.8 Å². The van der Waals surface area contributed by atoms with Crippen molar-refractivity contribution in [3.8, 4) is 0 Å². The highest BCUT2D eigenvalue weighted by Gasteiger charge is 2.05. The maximum Gasteiger partial charge on any atom is 0.319 e. The summed E-state index contributed by atoms with van der Waals surface area (Å²) in [5.74, 6) is 0. The van der Waals surface area contributed by atoms with Crippen molar-refractivity contribution in [1.29, 1.82) is 0 Å². The normalized spacial score (nSPS) is 10.6. The summed E-state index contributed by atoms with van der Waals surface area (Å²) in [6.07, 6.45) is 3.90. The average molecular weight is 315 g/mol. The van der Waals surface area contributed by atoms with Crippen LogP contribution < -0.4 is 10.6 Å². The first kappa shape index (κ1) is 14.4. The second kappa shape index (κ2) is 6.07. The molecule has 0 aliphatic heterocycles. The van der Waals surface area contributed by atoms with Gasteiger partial charge in [0, 0.05) is 23.1 Å². The molecular weight excluding hydrogens is 300 g/mol. The summed E-state index contributed by atoms with van der Waals surface area (Å²) in [6, 6.07) is 10.7. The van der Waals surface area contributed by atoms with E-state index >= 15 is 0 Å². The highest BCUT2D eigenvalue weighted by molar-refractivity contribution is 6.30. The molecule has 2 amide bonds. The van der Waals surface area contributed by atoms with Crippen LogP contribution >= 0.6 is 11.6 Å². The zero-order valence-corrected chi connectivity index (χ0v) is 12.8. The van der Waals surface area contributed by atoms with Gasteiger partial charge in [-0.25, -0.2) is 9.78 Å². The monoisotopic (exact) mass is 314 g/mol. The number of benzene rings is 1. The molecule has 3 aromatic rings. The van der Waals surface area contributed by atoms with Crippen LogP contribution in [0.5, 0.6) is 0 Å². The second-order valence-electron chi connectivity index (χ2n) is 5.02. The third-order valence-corrected chi connectivity index (χ3v) is 3.40. The molecule has 0 saturated carbocycles. The van der Waals surface area contributed by atoms with E-state index in [2.05, 4.69) is 15.6 Å². The zero-order chi connectivity index (χ0) is 15.5. The molecule has 2 aromatic heterocycles. The molecule has 0 radical (unpaired) electrons. The van der Waals surface area contributed by atoms with Gasteiger partial charge in [-0.2, -0.15) is 0 Å². The first-order valence-electron chi connectivity index (χ1n) is 6.85. The lowest BCUT2D eigenvalue weighted by molar-refractivity contribution is 0.251. The summed E-state index contributed by atoms with van der Waals surface area (Å²) < 4.78 is 1.95. The number of carbonyl (C=O) groups excluding carboxylic acids is 1. The van der Waals surface area contributed by atoms with Gasteiger partial charge in [0.2, 0.25) is 0 Å². The number of nitrogens with zero attached hydrogens (tertiary/aromatic N) is 2. The van der Waals surface area contributed by atoms with Gasteiger partial charge in [0.25, 0.3) is 0 Å². The second-order valence-corrected chi connectivity index (χ2v) is 5.46. The van der Waals surface area contributed by atoms with Crippen molar-refractivity contribution >= 4 is 29.0 Å². The number of urea groups is 1. The molecule has 5 nitrogen and oxygen atoms in total. The molecule has 2 heterocycles. The van der Waals surface area contributed by atoms with Gasteiger partial charge in [0.1, 0.15) is 5.65 Å². The minimum atomic E-state index is -0.296. The molecule has 0 saturated heterocycles. The summed E-state index contributed by atoms with van der Waals surface area (Å²) >= 11 is 5.87. The summed E-state index contributed by atoms with van der Waals surface area (Å²) in [5.41, 5.74) is 3.46. The van der Waals surface area contributed by atoms with E-state index in [0.29, 0.717) is 17.3 Å². The van der Waals surface area contributed by atoms with Crippen LogP contribution in [0, 0.1) is 6.92 Å². The van der Waals surface area contributed by atoms with Gasteiger partial charge in [-0.1, -0.05) is 23.7 Å². The lowest BCUT2D eigenvalue weighted by Crippen LogP contribution is -2.28. The quantitative estimate of drug-likeness (QED) is 0.775. The van der Waals surface area contributed by atoms with Crippen molar-refractivity contribution in [2.75, 3.05) is 5.32 Å². The lowest BCUT2D eigenvalue weighted by atomic mass is 10.3. The Morgan fingerprint density at radius 3 is 2.95 bits per heavy atom. The van der Waals surface area contributed by atoms with Gasteiger partial charge < -0.3 is 15.0 Å². The smallest absolute Gasteiger partial charge is 0.319 e. The van der Waals surface area contributed by atoms with Crippen LogP contribution in [0.3, 0.4) is 0 Å². The Bertz CT molecular complexity index is 828. The Morgan fingerprint density at radius 2 is 2.14 bits per heavy atom. The number of hydrogen-bond donors (Lipinski definition) is 2. The molecule has 0 unspecified atom stereocenters. The van der Waals surface area contributed by atoms with Crippen molar-refractivity contribution in [3.05, 3.63) is 65.1 Å². The van der Waals surface area contributed by atoms with E-state index in [4.69, 9.17) is 11.6 Å². The maximum absolute atomic E-state index is 11.9. The number of halogens is 1. The van der Waals surface area contributed by atoms with Crippen molar-refractivity contribution in [3.63, 3.8) is 0 Å². The molecule has 0 aliphatic rings. The molecular formula is C16H15ClN4O.